The van der Waals surface area contributed by atoms with Gasteiger partial charge in [-0.3, -0.25) is 4.79 Å². The second-order valence-electron chi connectivity index (χ2n) is 9.08. The number of rotatable bonds is 6. The standard InChI is InChI=1S/C19H31N5O3S/c1-14(2)23-11-17(20-13-23)16-10-24(28(26,27)21(3)4)12-19(16)7-8-22(18(19)25)9-15-5-6-15/h11,13-16H,5-10,12H2,1-4H3/t16-,19+/m1/s1. The summed E-state index contributed by atoms with van der Waals surface area (Å²) in [7, 11) is -0.500. The van der Waals surface area contributed by atoms with Gasteiger partial charge in [-0.15, -0.1) is 0 Å². The highest BCUT2D eigenvalue weighted by molar-refractivity contribution is 7.86. The van der Waals surface area contributed by atoms with Crippen molar-refractivity contribution in [3.05, 3.63) is 18.2 Å². The van der Waals surface area contributed by atoms with Crippen LogP contribution in [-0.4, -0.2) is 77.7 Å². The first-order chi connectivity index (χ1) is 13.1. The molecule has 3 fully saturated rings. The van der Waals surface area contributed by atoms with Crippen molar-refractivity contribution in [2.45, 2.75) is 45.1 Å². The van der Waals surface area contributed by atoms with Crippen molar-refractivity contribution in [1.82, 2.24) is 23.1 Å². The van der Waals surface area contributed by atoms with Gasteiger partial charge >= 0.3 is 0 Å². The molecule has 8 nitrogen and oxygen atoms in total. The Labute approximate surface area is 167 Å². The third kappa shape index (κ3) is 3.17. The lowest BCUT2D eigenvalue weighted by molar-refractivity contribution is -0.136. The van der Waals surface area contributed by atoms with Gasteiger partial charge in [0.25, 0.3) is 10.2 Å². The molecular weight excluding hydrogens is 378 g/mol. The van der Waals surface area contributed by atoms with E-state index in [1.54, 1.807) is 20.4 Å². The van der Waals surface area contributed by atoms with Crippen molar-refractivity contribution < 1.29 is 13.2 Å². The first kappa shape index (κ1) is 19.8. The fourth-order valence-electron chi connectivity index (χ4n) is 4.58. The van der Waals surface area contributed by atoms with Gasteiger partial charge < -0.3 is 9.47 Å². The lowest BCUT2D eigenvalue weighted by atomic mass is 9.75. The maximum absolute atomic E-state index is 13.5. The van der Waals surface area contributed by atoms with E-state index in [2.05, 4.69) is 18.8 Å². The van der Waals surface area contributed by atoms with Gasteiger partial charge in [-0.25, -0.2) is 4.98 Å². The molecule has 9 heteroatoms. The Hall–Kier alpha value is -1.45. The Balaban J connectivity index is 1.69. The summed E-state index contributed by atoms with van der Waals surface area (Å²) >= 11 is 0. The lowest BCUT2D eigenvalue weighted by Gasteiger charge is -2.28. The van der Waals surface area contributed by atoms with Crippen molar-refractivity contribution in [1.29, 1.82) is 0 Å². The lowest BCUT2D eigenvalue weighted by Crippen LogP contribution is -2.43. The summed E-state index contributed by atoms with van der Waals surface area (Å²) in [5, 5.41) is 0. The van der Waals surface area contributed by atoms with Crippen LogP contribution in [0, 0.1) is 11.3 Å². The monoisotopic (exact) mass is 409 g/mol. The minimum atomic E-state index is -3.58. The topological polar surface area (TPSA) is 78.8 Å². The van der Waals surface area contributed by atoms with E-state index >= 15 is 0 Å². The summed E-state index contributed by atoms with van der Waals surface area (Å²) in [6.07, 6.45) is 6.86. The smallest absolute Gasteiger partial charge is 0.281 e. The van der Waals surface area contributed by atoms with Gasteiger partial charge in [0.1, 0.15) is 0 Å². The van der Waals surface area contributed by atoms with E-state index in [-0.39, 0.29) is 24.4 Å². The number of hydrogen-bond acceptors (Lipinski definition) is 4. The number of amides is 1. The minimum Gasteiger partial charge on any atom is -0.342 e. The molecule has 1 aromatic heterocycles. The number of carbonyl (C=O) groups is 1. The van der Waals surface area contributed by atoms with Gasteiger partial charge in [-0.2, -0.15) is 17.0 Å². The van der Waals surface area contributed by atoms with E-state index in [1.165, 1.54) is 21.5 Å². The number of imidazole rings is 1. The molecule has 28 heavy (non-hydrogen) atoms. The number of nitrogens with zero attached hydrogens (tertiary/aromatic N) is 5. The third-order valence-corrected chi connectivity index (χ3v) is 8.44. The highest BCUT2D eigenvalue weighted by Gasteiger charge is 2.60. The van der Waals surface area contributed by atoms with Crippen LogP contribution in [0.3, 0.4) is 0 Å². The fraction of sp³-hybridized carbons (Fsp3) is 0.789. The molecule has 1 aromatic rings. The average molecular weight is 410 g/mol. The first-order valence-corrected chi connectivity index (χ1v) is 11.5. The van der Waals surface area contributed by atoms with E-state index in [9.17, 15) is 13.2 Å². The Morgan fingerprint density at radius 2 is 2.04 bits per heavy atom. The van der Waals surface area contributed by atoms with Gasteiger partial charge in [-0.05, 0) is 39.0 Å². The van der Waals surface area contributed by atoms with Crippen LogP contribution in [0.1, 0.15) is 50.8 Å². The molecule has 0 aromatic carbocycles. The van der Waals surface area contributed by atoms with Crippen molar-refractivity contribution in [2.75, 3.05) is 40.3 Å². The van der Waals surface area contributed by atoms with Crippen LogP contribution in [0.2, 0.25) is 0 Å². The zero-order valence-corrected chi connectivity index (χ0v) is 18.0. The molecule has 1 amide bonds. The zero-order chi connectivity index (χ0) is 20.3. The van der Waals surface area contributed by atoms with Crippen LogP contribution in [-0.2, 0) is 15.0 Å². The van der Waals surface area contributed by atoms with Crippen LogP contribution in [0.25, 0.3) is 0 Å². The minimum absolute atomic E-state index is 0.111. The van der Waals surface area contributed by atoms with Crippen LogP contribution < -0.4 is 0 Å². The molecule has 0 bridgehead atoms. The predicted molar refractivity (Wildman–Crippen MR) is 106 cm³/mol. The molecule has 0 unspecified atom stereocenters. The molecule has 0 N–H and O–H groups in total. The van der Waals surface area contributed by atoms with Crippen molar-refractivity contribution >= 4 is 16.1 Å². The fourth-order valence-corrected chi connectivity index (χ4v) is 5.77. The summed E-state index contributed by atoms with van der Waals surface area (Å²) in [6, 6.07) is 0.269. The van der Waals surface area contributed by atoms with E-state index in [1.807, 2.05) is 15.7 Å². The van der Waals surface area contributed by atoms with Crippen molar-refractivity contribution in [2.24, 2.45) is 11.3 Å². The molecule has 3 aliphatic rings. The molecule has 2 atom stereocenters. The van der Waals surface area contributed by atoms with Gasteiger partial charge in [-0.1, -0.05) is 0 Å². The quantitative estimate of drug-likeness (QED) is 0.709. The highest BCUT2D eigenvalue weighted by Crippen LogP contribution is 2.51. The molecule has 0 radical (unpaired) electrons. The molecule has 3 heterocycles. The van der Waals surface area contributed by atoms with Crippen molar-refractivity contribution in [3.8, 4) is 0 Å². The van der Waals surface area contributed by atoms with E-state index in [0.717, 1.165) is 12.2 Å². The summed E-state index contributed by atoms with van der Waals surface area (Å²) in [6.45, 7) is 6.24. The Kier molecular flexibility index (Phi) is 4.83. The van der Waals surface area contributed by atoms with E-state index in [4.69, 9.17) is 0 Å². The maximum atomic E-state index is 13.5. The second kappa shape index (κ2) is 6.81. The van der Waals surface area contributed by atoms with Crippen molar-refractivity contribution in [3.63, 3.8) is 0 Å². The molecule has 2 saturated heterocycles. The molecule has 4 rings (SSSR count). The molecular formula is C19H31N5O3S. The first-order valence-electron chi connectivity index (χ1n) is 10.2. The maximum Gasteiger partial charge on any atom is 0.281 e. The number of hydrogen-bond donors (Lipinski definition) is 0. The summed E-state index contributed by atoms with van der Waals surface area (Å²) < 4.78 is 30.4. The molecule has 1 saturated carbocycles. The van der Waals surface area contributed by atoms with Crippen LogP contribution in [0.4, 0.5) is 0 Å². The van der Waals surface area contributed by atoms with Gasteiger partial charge in [0, 0.05) is 58.4 Å². The highest BCUT2D eigenvalue weighted by atomic mass is 32.2. The van der Waals surface area contributed by atoms with E-state index < -0.39 is 15.6 Å². The van der Waals surface area contributed by atoms with Gasteiger partial charge in [0.05, 0.1) is 17.4 Å². The molecule has 1 spiro atoms. The Morgan fingerprint density at radius 1 is 1.32 bits per heavy atom. The van der Waals surface area contributed by atoms with E-state index in [0.29, 0.717) is 25.4 Å². The Morgan fingerprint density at radius 3 is 2.61 bits per heavy atom. The van der Waals surface area contributed by atoms with Crippen LogP contribution in [0.5, 0.6) is 0 Å². The van der Waals surface area contributed by atoms with Gasteiger partial charge in [0.2, 0.25) is 5.91 Å². The molecule has 2 aliphatic heterocycles. The normalized spacial score (nSPS) is 29.1. The average Bonchev–Trinajstić information content (AvgIpc) is 3.05. The number of carbonyl (C=O) groups excluding carboxylic acids is 1. The zero-order valence-electron chi connectivity index (χ0n) is 17.2. The van der Waals surface area contributed by atoms with Crippen LogP contribution in [0.15, 0.2) is 12.5 Å². The number of aromatic nitrogens is 2. The second-order valence-corrected chi connectivity index (χ2v) is 11.2. The summed E-state index contributed by atoms with van der Waals surface area (Å²) in [5.74, 6) is 0.527. The van der Waals surface area contributed by atoms with Crippen LogP contribution >= 0.6 is 0 Å². The predicted octanol–water partition coefficient (Wildman–Crippen LogP) is 1.30. The Bertz CT molecular complexity index is 861. The largest absolute Gasteiger partial charge is 0.342 e. The summed E-state index contributed by atoms with van der Waals surface area (Å²) in [4.78, 5) is 20.1. The number of likely N-dealkylation sites (tertiary alicyclic amines) is 1. The van der Waals surface area contributed by atoms with Gasteiger partial charge in [0.15, 0.2) is 0 Å². The summed E-state index contributed by atoms with van der Waals surface area (Å²) in [5.41, 5.74) is 0.125. The SMILES string of the molecule is CC(C)n1cnc([C@H]2CN(S(=O)(=O)N(C)C)C[C@@]23CCN(CC2CC2)C3=O)c1. The third-order valence-electron chi connectivity index (χ3n) is 6.59. The molecule has 1 aliphatic carbocycles. The molecule has 156 valence electrons.